The van der Waals surface area contributed by atoms with E-state index >= 15 is 0 Å². The Hall–Kier alpha value is -2.04. The summed E-state index contributed by atoms with van der Waals surface area (Å²) in [6.07, 6.45) is 11.1. The number of methoxy groups -OCH3 is 1. The molecule has 32 heavy (non-hydrogen) atoms. The lowest BCUT2D eigenvalue weighted by Gasteiger charge is -2.41. The minimum Gasteiger partial charge on any atom is -0.497 e. The molecule has 3 aliphatic rings. The van der Waals surface area contributed by atoms with Gasteiger partial charge in [-0.1, -0.05) is 32.3 Å². The van der Waals surface area contributed by atoms with Gasteiger partial charge in [-0.2, -0.15) is 0 Å². The van der Waals surface area contributed by atoms with Crippen LogP contribution >= 0.6 is 0 Å². The summed E-state index contributed by atoms with van der Waals surface area (Å²) in [6.45, 7) is 3.68. The van der Waals surface area contributed by atoms with E-state index in [0.717, 1.165) is 50.7 Å². The molecule has 1 amide bonds. The number of carbonyl (C=O) groups excluding carboxylic acids is 2. The molecule has 5 nitrogen and oxygen atoms in total. The van der Waals surface area contributed by atoms with Crippen LogP contribution in [0.15, 0.2) is 18.2 Å². The summed E-state index contributed by atoms with van der Waals surface area (Å²) in [5, 5.41) is 3.30. The first-order valence-electron chi connectivity index (χ1n) is 12.5. The number of aryl methyl sites for hydroxylation is 1. The van der Waals surface area contributed by atoms with Gasteiger partial charge in [0.05, 0.1) is 7.11 Å². The third-order valence-electron chi connectivity index (χ3n) is 8.39. The zero-order valence-corrected chi connectivity index (χ0v) is 20.0. The molecule has 5 heteroatoms. The van der Waals surface area contributed by atoms with Crippen LogP contribution in [-0.4, -0.2) is 31.1 Å². The summed E-state index contributed by atoms with van der Waals surface area (Å²) < 4.78 is 11.2. The van der Waals surface area contributed by atoms with Gasteiger partial charge in [0.15, 0.2) is 0 Å². The summed E-state index contributed by atoms with van der Waals surface area (Å²) in [7, 11) is 1.71. The molecule has 4 atom stereocenters. The average Bonchev–Trinajstić information content (AvgIpc) is 3.08. The fourth-order valence-electron chi connectivity index (χ4n) is 6.74. The van der Waals surface area contributed by atoms with Crippen molar-refractivity contribution in [1.29, 1.82) is 0 Å². The Kier molecular flexibility index (Phi) is 7.11. The number of nitrogens with one attached hydrogen (secondary N) is 1. The number of amides is 1. The number of fused-ring (bicyclic) bond motifs is 1. The number of rotatable bonds is 6. The van der Waals surface area contributed by atoms with Crippen molar-refractivity contribution in [3.63, 3.8) is 0 Å². The standard InChI is InChI=1S/C27H39NO4/c1-18(29)32-25-14-13-24(21-10-9-20-16-23(31-3)12-11-19(20)15-21)27(25,2)17-26(30)28-22-7-5-4-6-8-22/h11-12,16,21-22,24-25H,4-10,13-15,17H2,1-3H3,(H,28,30)/t21?,24?,25-,27-/m0/s1. The van der Waals surface area contributed by atoms with Crippen LogP contribution in [0.4, 0.5) is 0 Å². The van der Waals surface area contributed by atoms with E-state index in [2.05, 4.69) is 24.4 Å². The first-order chi connectivity index (χ1) is 15.4. The predicted octanol–water partition coefficient (Wildman–Crippen LogP) is 4.99. The van der Waals surface area contributed by atoms with Crippen molar-refractivity contribution in [2.75, 3.05) is 7.11 Å². The Balaban J connectivity index is 1.50. The monoisotopic (exact) mass is 441 g/mol. The van der Waals surface area contributed by atoms with Gasteiger partial charge >= 0.3 is 5.97 Å². The molecule has 4 rings (SSSR count). The fraction of sp³-hybridized carbons (Fsp3) is 0.704. The van der Waals surface area contributed by atoms with Crippen LogP contribution in [0, 0.1) is 17.3 Å². The molecule has 0 heterocycles. The van der Waals surface area contributed by atoms with E-state index in [1.54, 1.807) is 7.11 Å². The van der Waals surface area contributed by atoms with Gasteiger partial charge in [0.2, 0.25) is 5.91 Å². The number of ether oxygens (including phenoxy) is 2. The zero-order chi connectivity index (χ0) is 22.7. The van der Waals surface area contributed by atoms with Gasteiger partial charge in [0.1, 0.15) is 11.9 Å². The Morgan fingerprint density at radius 1 is 1.06 bits per heavy atom. The smallest absolute Gasteiger partial charge is 0.302 e. The van der Waals surface area contributed by atoms with Gasteiger partial charge in [-0.05, 0) is 80.0 Å². The molecule has 0 aromatic heterocycles. The van der Waals surface area contributed by atoms with Gasteiger partial charge in [0.25, 0.3) is 0 Å². The Morgan fingerprint density at radius 3 is 2.56 bits per heavy atom. The highest BCUT2D eigenvalue weighted by Crippen LogP contribution is 2.53. The first kappa shape index (κ1) is 23.1. The lowest BCUT2D eigenvalue weighted by Crippen LogP contribution is -2.45. The molecule has 176 valence electrons. The Morgan fingerprint density at radius 2 is 1.84 bits per heavy atom. The minimum atomic E-state index is -0.320. The highest BCUT2D eigenvalue weighted by molar-refractivity contribution is 5.77. The van der Waals surface area contributed by atoms with Crippen LogP contribution in [-0.2, 0) is 27.2 Å². The molecule has 2 fully saturated rings. The molecule has 0 spiro atoms. The summed E-state index contributed by atoms with van der Waals surface area (Å²) in [5.41, 5.74) is 2.46. The molecule has 2 unspecified atom stereocenters. The van der Waals surface area contributed by atoms with Crippen molar-refractivity contribution in [1.82, 2.24) is 5.32 Å². The molecule has 0 radical (unpaired) electrons. The maximum atomic E-state index is 13.1. The van der Waals surface area contributed by atoms with Crippen molar-refractivity contribution < 1.29 is 19.1 Å². The molecule has 1 aromatic carbocycles. The van der Waals surface area contributed by atoms with E-state index in [0.29, 0.717) is 24.3 Å². The summed E-state index contributed by atoms with van der Waals surface area (Å²) in [4.78, 5) is 25.0. The molecule has 3 aliphatic carbocycles. The lowest BCUT2D eigenvalue weighted by molar-refractivity contribution is -0.155. The maximum absolute atomic E-state index is 13.1. The molecular formula is C27H39NO4. The molecule has 0 aliphatic heterocycles. The van der Waals surface area contributed by atoms with Gasteiger partial charge in [-0.15, -0.1) is 0 Å². The molecule has 1 aromatic rings. The van der Waals surface area contributed by atoms with Crippen LogP contribution in [0.2, 0.25) is 0 Å². The van der Waals surface area contributed by atoms with Gasteiger partial charge in [0, 0.05) is 24.8 Å². The van der Waals surface area contributed by atoms with Crippen LogP contribution in [0.3, 0.4) is 0 Å². The largest absolute Gasteiger partial charge is 0.497 e. The molecule has 0 bridgehead atoms. The van der Waals surface area contributed by atoms with Crippen molar-refractivity contribution in [3.05, 3.63) is 29.3 Å². The second-order valence-corrected chi connectivity index (χ2v) is 10.5. The maximum Gasteiger partial charge on any atom is 0.302 e. The fourth-order valence-corrected chi connectivity index (χ4v) is 6.74. The molecule has 1 N–H and O–H groups in total. The van der Waals surface area contributed by atoms with Gasteiger partial charge < -0.3 is 14.8 Å². The van der Waals surface area contributed by atoms with Crippen molar-refractivity contribution in [3.8, 4) is 5.75 Å². The third kappa shape index (κ3) is 4.97. The average molecular weight is 442 g/mol. The van der Waals surface area contributed by atoms with Crippen molar-refractivity contribution >= 4 is 11.9 Å². The number of benzene rings is 1. The lowest BCUT2D eigenvalue weighted by atomic mass is 9.65. The van der Waals surface area contributed by atoms with Crippen LogP contribution in [0.25, 0.3) is 0 Å². The Labute approximate surface area is 192 Å². The molecular weight excluding hydrogens is 402 g/mol. The highest BCUT2D eigenvalue weighted by atomic mass is 16.5. The Bertz CT molecular complexity index is 831. The van der Waals surface area contributed by atoms with E-state index in [1.165, 1.54) is 37.3 Å². The topological polar surface area (TPSA) is 64.6 Å². The third-order valence-corrected chi connectivity index (χ3v) is 8.39. The van der Waals surface area contributed by atoms with Crippen LogP contribution in [0.5, 0.6) is 5.75 Å². The summed E-state index contributed by atoms with van der Waals surface area (Å²) >= 11 is 0. The van der Waals surface area contributed by atoms with Crippen molar-refractivity contribution in [2.45, 2.75) is 96.6 Å². The number of esters is 1. The number of hydrogen-bond acceptors (Lipinski definition) is 4. The van der Waals surface area contributed by atoms with Crippen LogP contribution in [0.1, 0.15) is 82.8 Å². The first-order valence-corrected chi connectivity index (χ1v) is 12.5. The van der Waals surface area contributed by atoms with E-state index in [4.69, 9.17) is 9.47 Å². The zero-order valence-electron chi connectivity index (χ0n) is 20.0. The molecule has 2 saturated carbocycles. The quantitative estimate of drug-likeness (QED) is 0.632. The highest BCUT2D eigenvalue weighted by Gasteiger charge is 2.52. The van der Waals surface area contributed by atoms with E-state index in [9.17, 15) is 9.59 Å². The van der Waals surface area contributed by atoms with E-state index in [-0.39, 0.29) is 23.4 Å². The number of carbonyl (C=O) groups is 2. The minimum absolute atomic E-state index is 0.129. The summed E-state index contributed by atoms with van der Waals surface area (Å²) in [6, 6.07) is 6.72. The van der Waals surface area contributed by atoms with Gasteiger partial charge in [-0.25, -0.2) is 0 Å². The van der Waals surface area contributed by atoms with Crippen LogP contribution < -0.4 is 10.1 Å². The van der Waals surface area contributed by atoms with E-state index in [1.807, 2.05) is 6.07 Å². The second-order valence-electron chi connectivity index (χ2n) is 10.5. The molecule has 0 saturated heterocycles. The SMILES string of the molecule is COc1ccc2c(c1)CCC(C1CC[C@H](OC(C)=O)[C@@]1(C)CC(=O)NC1CCCCC1)C2. The van der Waals surface area contributed by atoms with E-state index < -0.39 is 0 Å². The number of hydrogen-bond donors (Lipinski definition) is 1. The summed E-state index contributed by atoms with van der Waals surface area (Å²) in [5.74, 6) is 1.69. The van der Waals surface area contributed by atoms with Crippen molar-refractivity contribution in [2.24, 2.45) is 17.3 Å². The predicted molar refractivity (Wildman–Crippen MR) is 125 cm³/mol. The van der Waals surface area contributed by atoms with Gasteiger partial charge in [-0.3, -0.25) is 9.59 Å². The normalized spacial score (nSPS) is 30.4. The second kappa shape index (κ2) is 9.84.